The Hall–Kier alpha value is -1.83. The molecule has 3 aromatic rings. The van der Waals surface area contributed by atoms with Crippen molar-refractivity contribution in [2.45, 2.75) is 36.7 Å². The topological polar surface area (TPSA) is 42.4 Å². The number of para-hydroxylation sites is 1. The molecular formula is C22H22ClFN2O2S2. The van der Waals surface area contributed by atoms with Gasteiger partial charge in [0.25, 0.3) is 5.19 Å². The van der Waals surface area contributed by atoms with Crippen LogP contribution in [0.4, 0.5) is 4.39 Å². The molecule has 0 N–H and O–H groups in total. The molecule has 1 fully saturated rings. The number of fused-ring (bicyclic) bond motifs is 1. The molecular weight excluding hydrogens is 443 g/mol. The summed E-state index contributed by atoms with van der Waals surface area (Å²) < 4.78 is 20.6. The number of thiazole rings is 1. The fraction of sp³-hybridized carbons (Fsp3) is 0.364. The summed E-state index contributed by atoms with van der Waals surface area (Å²) in [5.41, 5.74) is 0.363. The number of piperidine rings is 1. The SMILES string of the molecule is O=C(CCCSc1ccc(Cl)cc1)N1CCC(Oc2nc3c(F)cccc3s2)CC1. The van der Waals surface area contributed by atoms with Crippen LogP contribution in [-0.2, 0) is 4.79 Å². The number of nitrogens with zero attached hydrogens (tertiary/aromatic N) is 2. The average molecular weight is 465 g/mol. The van der Waals surface area contributed by atoms with Gasteiger partial charge in [0.15, 0.2) is 0 Å². The van der Waals surface area contributed by atoms with E-state index >= 15 is 0 Å². The molecule has 30 heavy (non-hydrogen) atoms. The summed E-state index contributed by atoms with van der Waals surface area (Å²) in [6.45, 7) is 1.38. The predicted octanol–water partition coefficient (Wildman–Crippen LogP) is 6.03. The first-order valence-electron chi connectivity index (χ1n) is 9.96. The summed E-state index contributed by atoms with van der Waals surface area (Å²) in [6.07, 6.45) is 2.95. The van der Waals surface area contributed by atoms with E-state index in [4.69, 9.17) is 16.3 Å². The normalized spacial score (nSPS) is 14.9. The maximum Gasteiger partial charge on any atom is 0.274 e. The number of carbonyl (C=O) groups excluding carboxylic acids is 1. The summed E-state index contributed by atoms with van der Waals surface area (Å²) in [4.78, 5) is 19.8. The van der Waals surface area contributed by atoms with Gasteiger partial charge in [-0.05, 0) is 48.6 Å². The lowest BCUT2D eigenvalue weighted by Crippen LogP contribution is -2.41. The Morgan fingerprint density at radius 3 is 2.73 bits per heavy atom. The summed E-state index contributed by atoms with van der Waals surface area (Å²) in [5, 5.41) is 1.23. The third-order valence-electron chi connectivity index (χ3n) is 5.03. The molecule has 2 heterocycles. The minimum atomic E-state index is -0.326. The zero-order valence-electron chi connectivity index (χ0n) is 16.4. The van der Waals surface area contributed by atoms with E-state index in [-0.39, 0.29) is 17.8 Å². The fourth-order valence-electron chi connectivity index (χ4n) is 3.41. The van der Waals surface area contributed by atoms with E-state index in [0.717, 1.165) is 34.7 Å². The molecule has 0 unspecified atom stereocenters. The Morgan fingerprint density at radius 2 is 2.00 bits per heavy atom. The highest BCUT2D eigenvalue weighted by atomic mass is 35.5. The summed E-state index contributed by atoms with van der Waals surface area (Å²) in [6, 6.07) is 12.7. The minimum Gasteiger partial charge on any atom is -0.467 e. The molecule has 8 heteroatoms. The van der Waals surface area contributed by atoms with Crippen molar-refractivity contribution < 1.29 is 13.9 Å². The molecule has 158 valence electrons. The number of halogens is 2. The van der Waals surface area contributed by atoms with Gasteiger partial charge < -0.3 is 9.64 Å². The second-order valence-corrected chi connectivity index (χ2v) is 9.77. The summed E-state index contributed by atoms with van der Waals surface area (Å²) in [5.74, 6) is 0.779. The first-order valence-corrected chi connectivity index (χ1v) is 12.1. The van der Waals surface area contributed by atoms with Gasteiger partial charge in [-0.1, -0.05) is 29.0 Å². The van der Waals surface area contributed by atoms with Crippen LogP contribution in [0.5, 0.6) is 5.19 Å². The minimum absolute atomic E-state index is 0.0122. The number of amides is 1. The quantitative estimate of drug-likeness (QED) is 0.316. The van der Waals surface area contributed by atoms with Gasteiger partial charge in [0.1, 0.15) is 17.4 Å². The van der Waals surface area contributed by atoms with Gasteiger partial charge in [-0.3, -0.25) is 4.79 Å². The lowest BCUT2D eigenvalue weighted by Gasteiger charge is -2.31. The highest BCUT2D eigenvalue weighted by molar-refractivity contribution is 7.99. The zero-order chi connectivity index (χ0) is 20.9. The second-order valence-electron chi connectivity index (χ2n) is 7.17. The lowest BCUT2D eigenvalue weighted by molar-refractivity contribution is -0.133. The van der Waals surface area contributed by atoms with Crippen LogP contribution in [0.25, 0.3) is 10.2 Å². The number of carbonyl (C=O) groups is 1. The number of hydrogen-bond donors (Lipinski definition) is 0. The number of benzene rings is 2. The molecule has 2 aromatic carbocycles. The monoisotopic (exact) mass is 464 g/mol. The Kier molecular flexibility index (Phi) is 7.12. The first-order chi connectivity index (χ1) is 14.6. The first kappa shape index (κ1) is 21.4. The van der Waals surface area contributed by atoms with E-state index in [1.165, 1.54) is 22.3 Å². The van der Waals surface area contributed by atoms with Crippen molar-refractivity contribution in [1.29, 1.82) is 0 Å². The highest BCUT2D eigenvalue weighted by Gasteiger charge is 2.24. The predicted molar refractivity (Wildman–Crippen MR) is 121 cm³/mol. The van der Waals surface area contributed by atoms with Crippen LogP contribution >= 0.6 is 34.7 Å². The van der Waals surface area contributed by atoms with Gasteiger partial charge >= 0.3 is 0 Å². The molecule has 1 aliphatic heterocycles. The van der Waals surface area contributed by atoms with Crippen molar-refractivity contribution in [1.82, 2.24) is 9.88 Å². The van der Waals surface area contributed by atoms with Crippen LogP contribution in [0.1, 0.15) is 25.7 Å². The van der Waals surface area contributed by atoms with Crippen LogP contribution in [-0.4, -0.2) is 40.7 Å². The number of aromatic nitrogens is 1. The van der Waals surface area contributed by atoms with Crippen molar-refractivity contribution in [3.63, 3.8) is 0 Å². The maximum absolute atomic E-state index is 13.8. The van der Waals surface area contributed by atoms with E-state index < -0.39 is 0 Å². The van der Waals surface area contributed by atoms with E-state index in [1.807, 2.05) is 35.2 Å². The fourth-order valence-corrected chi connectivity index (χ4v) is 5.29. The number of hydrogen-bond acceptors (Lipinski definition) is 5. The van der Waals surface area contributed by atoms with Crippen molar-refractivity contribution in [3.8, 4) is 5.19 Å². The van der Waals surface area contributed by atoms with Crippen molar-refractivity contribution in [2.75, 3.05) is 18.8 Å². The Bertz CT molecular complexity index is 1000. The number of thioether (sulfide) groups is 1. The molecule has 1 aromatic heterocycles. The summed E-state index contributed by atoms with van der Waals surface area (Å²) >= 11 is 9.00. The van der Waals surface area contributed by atoms with E-state index in [2.05, 4.69) is 4.98 Å². The Balaban J connectivity index is 1.18. The van der Waals surface area contributed by atoms with E-state index in [1.54, 1.807) is 17.8 Å². The van der Waals surface area contributed by atoms with Crippen LogP contribution in [0.3, 0.4) is 0 Å². The molecule has 0 aliphatic carbocycles. The molecule has 0 atom stereocenters. The molecule has 0 bridgehead atoms. The molecule has 4 nitrogen and oxygen atoms in total. The molecule has 4 rings (SSSR count). The molecule has 0 saturated carbocycles. The van der Waals surface area contributed by atoms with Crippen LogP contribution in [0.2, 0.25) is 5.02 Å². The number of ether oxygens (including phenoxy) is 1. The third-order valence-corrected chi connectivity index (χ3v) is 7.29. The van der Waals surface area contributed by atoms with E-state index in [9.17, 15) is 9.18 Å². The van der Waals surface area contributed by atoms with Crippen molar-refractivity contribution >= 4 is 50.8 Å². The molecule has 1 saturated heterocycles. The number of rotatable bonds is 7. The van der Waals surface area contributed by atoms with Gasteiger partial charge in [0.05, 0.1) is 4.70 Å². The van der Waals surface area contributed by atoms with Crippen LogP contribution in [0.15, 0.2) is 47.4 Å². The van der Waals surface area contributed by atoms with Crippen LogP contribution < -0.4 is 4.74 Å². The van der Waals surface area contributed by atoms with Crippen LogP contribution in [0, 0.1) is 5.82 Å². The van der Waals surface area contributed by atoms with Gasteiger partial charge in [-0.2, -0.15) is 4.98 Å². The standard InChI is InChI=1S/C22H22ClFN2O2S2/c23-15-6-8-17(9-7-15)29-14-2-5-20(27)26-12-10-16(11-13-26)28-22-25-21-18(24)3-1-4-19(21)30-22/h1,3-4,6-9,16H,2,5,10-14H2. The molecule has 1 amide bonds. The van der Waals surface area contributed by atoms with E-state index in [0.29, 0.717) is 30.2 Å². The maximum atomic E-state index is 13.8. The van der Waals surface area contributed by atoms with Crippen molar-refractivity contribution in [3.05, 3.63) is 53.3 Å². The Morgan fingerprint density at radius 1 is 1.23 bits per heavy atom. The number of likely N-dealkylation sites (tertiary alicyclic amines) is 1. The van der Waals surface area contributed by atoms with Gasteiger partial charge in [0.2, 0.25) is 5.91 Å². The molecule has 1 aliphatic rings. The van der Waals surface area contributed by atoms with Gasteiger partial charge in [0, 0.05) is 42.3 Å². The average Bonchev–Trinajstić information content (AvgIpc) is 3.17. The van der Waals surface area contributed by atoms with Gasteiger partial charge in [-0.15, -0.1) is 11.8 Å². The highest BCUT2D eigenvalue weighted by Crippen LogP contribution is 2.31. The van der Waals surface area contributed by atoms with Crippen molar-refractivity contribution in [2.24, 2.45) is 0 Å². The lowest BCUT2D eigenvalue weighted by atomic mass is 10.1. The summed E-state index contributed by atoms with van der Waals surface area (Å²) in [7, 11) is 0. The van der Waals surface area contributed by atoms with Gasteiger partial charge in [-0.25, -0.2) is 4.39 Å². The molecule has 0 spiro atoms. The Labute approximate surface area is 188 Å². The second kappa shape index (κ2) is 9.98. The molecule has 0 radical (unpaired) electrons. The largest absolute Gasteiger partial charge is 0.467 e. The zero-order valence-corrected chi connectivity index (χ0v) is 18.7. The smallest absolute Gasteiger partial charge is 0.274 e. The third kappa shape index (κ3) is 5.45.